The average Bonchev–Trinajstić information content (AvgIpc) is 2.34. The van der Waals surface area contributed by atoms with Gasteiger partial charge in [-0.25, -0.2) is 0 Å². The highest BCUT2D eigenvalue weighted by Gasteiger charge is 2.09. The standard InChI is InChI=1S/C14H22N2O2.ClH/c1-10-3-6-12(7-4-10)13(17)9-16-14(18)8-5-11(2)15;/h3-4,6-7,11,13,17H,5,8-9,15H2,1-2H3,(H,16,18);1H. The summed E-state index contributed by atoms with van der Waals surface area (Å²) in [5, 5.41) is 12.6. The summed E-state index contributed by atoms with van der Waals surface area (Å²) in [7, 11) is 0. The number of benzene rings is 1. The quantitative estimate of drug-likeness (QED) is 0.745. The Kier molecular flexibility index (Phi) is 8.39. The Morgan fingerprint density at radius 2 is 1.95 bits per heavy atom. The van der Waals surface area contributed by atoms with Crippen molar-refractivity contribution in [2.24, 2.45) is 5.73 Å². The summed E-state index contributed by atoms with van der Waals surface area (Å²) in [5.74, 6) is -0.0709. The first-order valence-corrected chi connectivity index (χ1v) is 6.26. The van der Waals surface area contributed by atoms with Crippen molar-refractivity contribution in [1.29, 1.82) is 0 Å². The van der Waals surface area contributed by atoms with E-state index in [1.54, 1.807) is 0 Å². The normalized spacial score (nSPS) is 13.3. The Morgan fingerprint density at radius 1 is 1.37 bits per heavy atom. The SMILES string of the molecule is Cc1ccc(C(O)CNC(=O)CCC(C)N)cc1.Cl. The molecule has 0 bridgehead atoms. The number of nitrogens with two attached hydrogens (primary N) is 1. The third-order valence-corrected chi connectivity index (χ3v) is 2.78. The monoisotopic (exact) mass is 286 g/mol. The average molecular weight is 287 g/mol. The van der Waals surface area contributed by atoms with E-state index in [9.17, 15) is 9.90 Å². The Balaban J connectivity index is 0.00000324. The molecule has 0 aliphatic carbocycles. The topological polar surface area (TPSA) is 75.3 Å². The second-order valence-electron chi connectivity index (χ2n) is 4.75. The number of aryl methyl sites for hydroxylation is 1. The molecule has 0 radical (unpaired) electrons. The van der Waals surface area contributed by atoms with Crippen molar-refractivity contribution in [3.05, 3.63) is 35.4 Å². The number of carbonyl (C=O) groups excluding carboxylic acids is 1. The first-order chi connectivity index (χ1) is 8.49. The first kappa shape index (κ1) is 17.9. The van der Waals surface area contributed by atoms with Gasteiger partial charge in [0.1, 0.15) is 0 Å². The molecule has 1 aromatic carbocycles. The molecule has 4 nitrogen and oxygen atoms in total. The van der Waals surface area contributed by atoms with Crippen LogP contribution in [0.3, 0.4) is 0 Å². The molecular weight excluding hydrogens is 264 g/mol. The van der Waals surface area contributed by atoms with Crippen molar-refractivity contribution in [3.8, 4) is 0 Å². The van der Waals surface area contributed by atoms with Crippen LogP contribution in [-0.4, -0.2) is 23.6 Å². The van der Waals surface area contributed by atoms with Crippen LogP contribution in [0, 0.1) is 6.92 Å². The van der Waals surface area contributed by atoms with Crippen LogP contribution in [0.15, 0.2) is 24.3 Å². The number of aliphatic hydroxyl groups is 1. The lowest BCUT2D eigenvalue weighted by Gasteiger charge is -2.13. The van der Waals surface area contributed by atoms with Gasteiger partial charge in [0.25, 0.3) is 0 Å². The predicted octanol–water partition coefficient (Wildman–Crippen LogP) is 1.69. The lowest BCUT2D eigenvalue weighted by molar-refractivity contribution is -0.121. The fraction of sp³-hybridized carbons (Fsp3) is 0.500. The summed E-state index contributed by atoms with van der Waals surface area (Å²) in [6.07, 6.45) is 0.398. The molecule has 0 aliphatic rings. The molecule has 2 atom stereocenters. The largest absolute Gasteiger partial charge is 0.387 e. The molecule has 19 heavy (non-hydrogen) atoms. The molecule has 5 heteroatoms. The molecule has 0 fully saturated rings. The molecule has 1 rings (SSSR count). The van der Waals surface area contributed by atoms with Crippen LogP contribution in [0.25, 0.3) is 0 Å². The molecule has 0 spiro atoms. The van der Waals surface area contributed by atoms with E-state index in [2.05, 4.69) is 5.32 Å². The summed E-state index contributed by atoms with van der Waals surface area (Å²) >= 11 is 0. The molecule has 0 aliphatic heterocycles. The van der Waals surface area contributed by atoms with Crippen molar-refractivity contribution in [2.75, 3.05) is 6.54 Å². The van der Waals surface area contributed by atoms with Gasteiger partial charge in [-0.15, -0.1) is 12.4 Å². The Morgan fingerprint density at radius 3 is 2.47 bits per heavy atom. The number of rotatable bonds is 6. The van der Waals surface area contributed by atoms with Crippen molar-refractivity contribution in [2.45, 2.75) is 38.8 Å². The molecule has 2 unspecified atom stereocenters. The van der Waals surface area contributed by atoms with Gasteiger partial charge in [-0.1, -0.05) is 29.8 Å². The lowest BCUT2D eigenvalue weighted by atomic mass is 10.1. The number of halogens is 1. The summed E-state index contributed by atoms with van der Waals surface area (Å²) in [4.78, 5) is 11.5. The maximum atomic E-state index is 11.5. The smallest absolute Gasteiger partial charge is 0.220 e. The molecule has 0 saturated carbocycles. The van der Waals surface area contributed by atoms with Gasteiger partial charge in [-0.2, -0.15) is 0 Å². The first-order valence-electron chi connectivity index (χ1n) is 6.26. The van der Waals surface area contributed by atoms with Crippen molar-refractivity contribution < 1.29 is 9.90 Å². The fourth-order valence-electron chi connectivity index (χ4n) is 1.56. The van der Waals surface area contributed by atoms with Gasteiger partial charge in [0, 0.05) is 19.0 Å². The zero-order valence-corrected chi connectivity index (χ0v) is 12.2. The van der Waals surface area contributed by atoms with E-state index in [-0.39, 0.29) is 30.9 Å². The molecule has 108 valence electrons. The highest BCUT2D eigenvalue weighted by Crippen LogP contribution is 2.12. The van der Waals surface area contributed by atoms with Crippen LogP contribution in [-0.2, 0) is 4.79 Å². The number of aliphatic hydroxyl groups excluding tert-OH is 1. The van der Waals surface area contributed by atoms with Gasteiger partial charge < -0.3 is 16.2 Å². The third kappa shape index (κ3) is 7.15. The second kappa shape index (κ2) is 8.91. The number of carbonyl (C=O) groups is 1. The Hall–Kier alpha value is -1.10. The number of hydrogen-bond acceptors (Lipinski definition) is 3. The van der Waals surface area contributed by atoms with E-state index in [1.807, 2.05) is 38.1 Å². The number of hydrogen-bond donors (Lipinski definition) is 3. The van der Waals surface area contributed by atoms with Crippen LogP contribution < -0.4 is 11.1 Å². The number of amides is 1. The van der Waals surface area contributed by atoms with Gasteiger partial charge in [0.15, 0.2) is 0 Å². The van der Waals surface area contributed by atoms with E-state index in [0.717, 1.165) is 11.1 Å². The van der Waals surface area contributed by atoms with Crippen molar-refractivity contribution in [3.63, 3.8) is 0 Å². The maximum absolute atomic E-state index is 11.5. The van der Waals surface area contributed by atoms with E-state index < -0.39 is 6.10 Å². The molecule has 1 amide bonds. The summed E-state index contributed by atoms with van der Waals surface area (Å²) < 4.78 is 0. The zero-order valence-electron chi connectivity index (χ0n) is 11.4. The Labute approximate surface area is 120 Å². The minimum atomic E-state index is -0.662. The molecule has 0 heterocycles. The molecule has 0 saturated heterocycles. The lowest BCUT2D eigenvalue weighted by Crippen LogP contribution is -2.29. The van der Waals surface area contributed by atoms with Crippen LogP contribution in [0.5, 0.6) is 0 Å². The zero-order chi connectivity index (χ0) is 13.5. The predicted molar refractivity (Wildman–Crippen MR) is 79.3 cm³/mol. The highest BCUT2D eigenvalue weighted by molar-refractivity contribution is 5.85. The van der Waals surface area contributed by atoms with Gasteiger partial charge in [0.2, 0.25) is 5.91 Å². The minimum absolute atomic E-state index is 0. The highest BCUT2D eigenvalue weighted by atomic mass is 35.5. The van der Waals surface area contributed by atoms with Gasteiger partial charge in [-0.3, -0.25) is 4.79 Å². The second-order valence-corrected chi connectivity index (χ2v) is 4.75. The van der Waals surface area contributed by atoms with Crippen molar-refractivity contribution >= 4 is 18.3 Å². The van der Waals surface area contributed by atoms with Crippen LogP contribution >= 0.6 is 12.4 Å². The van der Waals surface area contributed by atoms with E-state index >= 15 is 0 Å². The van der Waals surface area contributed by atoms with E-state index in [4.69, 9.17) is 5.73 Å². The number of nitrogens with one attached hydrogen (secondary N) is 1. The van der Waals surface area contributed by atoms with Crippen molar-refractivity contribution in [1.82, 2.24) is 5.32 Å². The maximum Gasteiger partial charge on any atom is 0.220 e. The minimum Gasteiger partial charge on any atom is -0.387 e. The van der Waals surface area contributed by atoms with Crippen LogP contribution in [0.4, 0.5) is 0 Å². The fourth-order valence-corrected chi connectivity index (χ4v) is 1.56. The van der Waals surface area contributed by atoms with Gasteiger partial charge >= 0.3 is 0 Å². The molecule has 1 aromatic rings. The van der Waals surface area contributed by atoms with Crippen LogP contribution in [0.1, 0.15) is 37.0 Å². The molecular formula is C14H23ClN2O2. The van der Waals surface area contributed by atoms with Gasteiger partial charge in [0.05, 0.1) is 6.10 Å². The molecule has 4 N–H and O–H groups in total. The summed E-state index contributed by atoms with van der Waals surface area (Å²) in [6, 6.07) is 7.65. The third-order valence-electron chi connectivity index (χ3n) is 2.78. The Bertz CT molecular complexity index is 380. The van der Waals surface area contributed by atoms with Gasteiger partial charge in [-0.05, 0) is 25.8 Å². The van der Waals surface area contributed by atoms with E-state index in [0.29, 0.717) is 12.8 Å². The summed E-state index contributed by atoms with van der Waals surface area (Å²) in [5.41, 5.74) is 7.53. The summed E-state index contributed by atoms with van der Waals surface area (Å²) in [6.45, 7) is 4.10. The van der Waals surface area contributed by atoms with Crippen LogP contribution in [0.2, 0.25) is 0 Å². The van der Waals surface area contributed by atoms with E-state index in [1.165, 1.54) is 0 Å². The molecule has 0 aromatic heterocycles.